The first kappa shape index (κ1) is 22.4. The average molecular weight is 440 g/mol. The maximum atomic E-state index is 12.8. The summed E-state index contributed by atoms with van der Waals surface area (Å²) < 4.78 is 43.7. The number of ether oxygens (including phenoxy) is 2. The molecule has 2 fully saturated rings. The number of aliphatic carboxylic acids is 1. The Hall–Kier alpha value is -3.28. The van der Waals surface area contributed by atoms with Crippen molar-refractivity contribution < 1.29 is 37.3 Å². The van der Waals surface area contributed by atoms with Crippen molar-refractivity contribution in [2.45, 2.75) is 37.3 Å². The van der Waals surface area contributed by atoms with Gasteiger partial charge in [0.1, 0.15) is 18.0 Å². The third-order valence-corrected chi connectivity index (χ3v) is 4.79. The molecule has 31 heavy (non-hydrogen) atoms. The van der Waals surface area contributed by atoms with E-state index in [1.165, 1.54) is 12.4 Å². The molecular formula is C19H19F3N4O5. The van der Waals surface area contributed by atoms with Crippen LogP contribution in [0.3, 0.4) is 0 Å². The normalized spacial score (nSPS) is 22.7. The summed E-state index contributed by atoms with van der Waals surface area (Å²) >= 11 is 0. The number of rotatable bonds is 3. The molecule has 0 spiro atoms. The summed E-state index contributed by atoms with van der Waals surface area (Å²) in [4.78, 5) is 27.6. The lowest BCUT2D eigenvalue weighted by Crippen LogP contribution is -2.54. The molecule has 1 saturated heterocycles. The van der Waals surface area contributed by atoms with Gasteiger partial charge in [-0.2, -0.15) is 23.4 Å². The van der Waals surface area contributed by atoms with Gasteiger partial charge in [-0.3, -0.25) is 9.78 Å². The molecule has 12 heteroatoms. The fraction of sp³-hybridized carbons (Fsp3) is 0.421. The van der Waals surface area contributed by atoms with Gasteiger partial charge in [0.15, 0.2) is 0 Å². The number of fused-ring (bicyclic) bond motifs is 1. The minimum atomic E-state index is -5.08. The van der Waals surface area contributed by atoms with Crippen molar-refractivity contribution in [1.29, 1.82) is 0 Å². The van der Waals surface area contributed by atoms with E-state index in [1.807, 2.05) is 17.0 Å². The van der Waals surface area contributed by atoms with Gasteiger partial charge in [-0.05, 0) is 31.0 Å². The molecule has 0 radical (unpaired) electrons. The molecule has 0 unspecified atom stereocenters. The van der Waals surface area contributed by atoms with Gasteiger partial charge in [0.25, 0.3) is 5.91 Å². The first-order valence-electron chi connectivity index (χ1n) is 9.33. The van der Waals surface area contributed by atoms with E-state index < -0.39 is 12.1 Å². The lowest BCUT2D eigenvalue weighted by atomic mass is 10.1. The van der Waals surface area contributed by atoms with Crippen LogP contribution in [0, 0.1) is 0 Å². The van der Waals surface area contributed by atoms with Crippen LogP contribution in [0.1, 0.15) is 23.2 Å². The second-order valence-electron chi connectivity index (χ2n) is 6.76. The number of hydrogen-bond acceptors (Lipinski definition) is 7. The number of alkyl halides is 3. The molecule has 2 aromatic heterocycles. The molecule has 1 amide bonds. The number of carbonyl (C=O) groups excluding carboxylic acids is 1. The van der Waals surface area contributed by atoms with Crippen molar-refractivity contribution in [2.75, 3.05) is 13.2 Å². The predicted octanol–water partition coefficient (Wildman–Crippen LogP) is 1.96. The zero-order valence-corrected chi connectivity index (χ0v) is 16.1. The molecule has 1 saturated carbocycles. The Bertz CT molecular complexity index is 885. The number of amides is 1. The first-order valence-corrected chi connectivity index (χ1v) is 9.33. The number of carboxylic acid groups (broad SMARTS) is 1. The Morgan fingerprint density at radius 1 is 1.16 bits per heavy atom. The van der Waals surface area contributed by atoms with Crippen molar-refractivity contribution in [3.8, 4) is 5.75 Å². The molecule has 9 nitrogen and oxygen atoms in total. The molecule has 0 bridgehead atoms. The monoisotopic (exact) mass is 440 g/mol. The third-order valence-electron chi connectivity index (χ3n) is 4.79. The Labute approximate surface area is 174 Å². The second kappa shape index (κ2) is 9.69. The Morgan fingerprint density at radius 3 is 2.55 bits per heavy atom. The van der Waals surface area contributed by atoms with Crippen LogP contribution in [-0.4, -0.2) is 74.6 Å². The number of morpholine rings is 1. The topological polar surface area (TPSA) is 115 Å². The van der Waals surface area contributed by atoms with Crippen LogP contribution >= 0.6 is 0 Å². The van der Waals surface area contributed by atoms with Gasteiger partial charge >= 0.3 is 12.1 Å². The number of aromatic nitrogens is 3. The average Bonchev–Trinajstić information content (AvgIpc) is 3.17. The molecular weight excluding hydrogens is 421 g/mol. The standard InChI is InChI=1S/C17H18N4O3.C2HF3O2/c22-17(12-5-7-19-20-10-12)21-8-9-23-16-14(21)3-4-15(16)24-13-2-1-6-18-11-13;3-2(4,5)1(6)7/h1-2,5-7,10-11,14-16H,3-4,8-9H2;(H,6,7)/t14-,15+,16+;/m0./s1. The maximum absolute atomic E-state index is 12.8. The molecule has 2 aromatic rings. The summed E-state index contributed by atoms with van der Waals surface area (Å²) in [5.41, 5.74) is 0.558. The zero-order valence-electron chi connectivity index (χ0n) is 16.1. The highest BCUT2D eigenvalue weighted by Gasteiger charge is 2.45. The van der Waals surface area contributed by atoms with Crippen LogP contribution < -0.4 is 4.74 Å². The number of carboxylic acids is 1. The fourth-order valence-corrected chi connectivity index (χ4v) is 3.47. The second-order valence-corrected chi connectivity index (χ2v) is 6.76. The predicted molar refractivity (Wildman–Crippen MR) is 98.2 cm³/mol. The molecule has 3 heterocycles. The SMILES string of the molecule is O=C(O)C(F)(F)F.O=C(c1ccnnc1)N1CCO[C@H]2[C@H](Oc3cccnc3)CC[C@@H]21. The minimum Gasteiger partial charge on any atom is -0.486 e. The van der Waals surface area contributed by atoms with Crippen molar-refractivity contribution in [1.82, 2.24) is 20.1 Å². The highest BCUT2D eigenvalue weighted by molar-refractivity contribution is 5.94. The number of carbonyl (C=O) groups is 2. The maximum Gasteiger partial charge on any atom is 0.490 e. The lowest BCUT2D eigenvalue weighted by Gasteiger charge is -2.39. The number of pyridine rings is 1. The largest absolute Gasteiger partial charge is 0.490 e. The Kier molecular flexibility index (Phi) is 7.00. The quantitative estimate of drug-likeness (QED) is 0.770. The van der Waals surface area contributed by atoms with Crippen molar-refractivity contribution in [3.05, 3.63) is 48.5 Å². The summed E-state index contributed by atoms with van der Waals surface area (Å²) in [6.45, 7) is 1.10. The van der Waals surface area contributed by atoms with Gasteiger partial charge in [0, 0.05) is 12.7 Å². The molecule has 1 aliphatic carbocycles. The summed E-state index contributed by atoms with van der Waals surface area (Å²) in [6.07, 6.45) is 2.90. The van der Waals surface area contributed by atoms with E-state index in [2.05, 4.69) is 15.2 Å². The van der Waals surface area contributed by atoms with Gasteiger partial charge in [0.05, 0.1) is 36.8 Å². The molecule has 1 aliphatic heterocycles. The van der Waals surface area contributed by atoms with Crippen LogP contribution in [0.5, 0.6) is 5.75 Å². The van der Waals surface area contributed by atoms with E-state index >= 15 is 0 Å². The zero-order chi connectivity index (χ0) is 22.4. The highest BCUT2D eigenvalue weighted by Crippen LogP contribution is 2.33. The van der Waals surface area contributed by atoms with Crippen molar-refractivity contribution in [3.63, 3.8) is 0 Å². The highest BCUT2D eigenvalue weighted by atomic mass is 19.4. The smallest absolute Gasteiger partial charge is 0.486 e. The number of hydrogen-bond donors (Lipinski definition) is 1. The summed E-state index contributed by atoms with van der Waals surface area (Å²) in [5.74, 6) is -2.05. The van der Waals surface area contributed by atoms with E-state index in [-0.39, 0.29) is 24.2 Å². The van der Waals surface area contributed by atoms with E-state index in [4.69, 9.17) is 19.4 Å². The van der Waals surface area contributed by atoms with Crippen LogP contribution in [0.4, 0.5) is 13.2 Å². The van der Waals surface area contributed by atoms with E-state index in [9.17, 15) is 18.0 Å². The fourth-order valence-electron chi connectivity index (χ4n) is 3.47. The molecule has 166 valence electrons. The van der Waals surface area contributed by atoms with Gasteiger partial charge in [-0.15, -0.1) is 0 Å². The number of halogens is 3. The third kappa shape index (κ3) is 5.66. The van der Waals surface area contributed by atoms with Gasteiger partial charge in [-0.1, -0.05) is 0 Å². The molecule has 1 N–H and O–H groups in total. The molecule has 2 aliphatic rings. The lowest BCUT2D eigenvalue weighted by molar-refractivity contribution is -0.192. The van der Waals surface area contributed by atoms with E-state index in [1.54, 1.807) is 18.5 Å². The van der Waals surface area contributed by atoms with Gasteiger partial charge in [0.2, 0.25) is 0 Å². The Morgan fingerprint density at radius 2 is 1.94 bits per heavy atom. The van der Waals surface area contributed by atoms with Crippen LogP contribution in [0.15, 0.2) is 43.0 Å². The van der Waals surface area contributed by atoms with Crippen LogP contribution in [0.2, 0.25) is 0 Å². The van der Waals surface area contributed by atoms with E-state index in [0.717, 1.165) is 18.6 Å². The minimum absolute atomic E-state index is 0.0229. The summed E-state index contributed by atoms with van der Waals surface area (Å²) in [7, 11) is 0. The van der Waals surface area contributed by atoms with Crippen molar-refractivity contribution >= 4 is 11.9 Å². The van der Waals surface area contributed by atoms with Crippen molar-refractivity contribution in [2.24, 2.45) is 0 Å². The van der Waals surface area contributed by atoms with Crippen LogP contribution in [-0.2, 0) is 9.53 Å². The molecule has 4 rings (SSSR count). The molecule has 3 atom stereocenters. The number of nitrogens with zero attached hydrogens (tertiary/aromatic N) is 4. The summed E-state index contributed by atoms with van der Waals surface area (Å²) in [6, 6.07) is 5.45. The van der Waals surface area contributed by atoms with Gasteiger partial charge < -0.3 is 19.5 Å². The summed E-state index contributed by atoms with van der Waals surface area (Å²) in [5, 5.41) is 14.6. The van der Waals surface area contributed by atoms with Crippen LogP contribution in [0.25, 0.3) is 0 Å². The Balaban J connectivity index is 0.000000339. The van der Waals surface area contributed by atoms with Gasteiger partial charge in [-0.25, -0.2) is 4.79 Å². The first-order chi connectivity index (χ1) is 14.8. The molecule has 0 aromatic carbocycles. The van der Waals surface area contributed by atoms with E-state index in [0.29, 0.717) is 18.7 Å².